The monoisotopic (exact) mass is 370 g/mol. The third-order valence-corrected chi connectivity index (χ3v) is 5.74. The van der Waals surface area contributed by atoms with Crippen LogP contribution in [-0.2, 0) is 6.42 Å². The fourth-order valence-electron chi connectivity index (χ4n) is 4.39. The number of aliphatic hydroxyl groups is 1. The zero-order chi connectivity index (χ0) is 18.8. The van der Waals surface area contributed by atoms with Crippen LogP contribution in [0.15, 0.2) is 42.6 Å². The van der Waals surface area contributed by atoms with Crippen molar-refractivity contribution in [1.29, 1.82) is 0 Å². The Morgan fingerprint density at radius 2 is 1.85 bits per heavy atom. The van der Waals surface area contributed by atoms with E-state index in [1.54, 1.807) is 25.4 Å². The number of aromatic hydroxyl groups is 1. The molecular formula is C21H26N2O4. The summed E-state index contributed by atoms with van der Waals surface area (Å²) in [6, 6.07) is 10.8. The van der Waals surface area contributed by atoms with Crippen molar-refractivity contribution < 1.29 is 19.7 Å². The molecule has 1 aromatic carbocycles. The van der Waals surface area contributed by atoms with Gasteiger partial charge in [0.2, 0.25) is 0 Å². The SMILES string of the molecule is COc1ncccc1OC1C[C@@H]2CN(C(O)Cc3ccc(O)cc3)C[C@@H]2C1. The summed E-state index contributed by atoms with van der Waals surface area (Å²) in [5.74, 6) is 2.58. The van der Waals surface area contributed by atoms with E-state index in [4.69, 9.17) is 9.47 Å². The molecule has 27 heavy (non-hydrogen) atoms. The summed E-state index contributed by atoms with van der Waals surface area (Å²) >= 11 is 0. The lowest BCUT2D eigenvalue weighted by molar-refractivity contribution is 0.0129. The highest BCUT2D eigenvalue weighted by Crippen LogP contribution is 2.41. The summed E-state index contributed by atoms with van der Waals surface area (Å²) in [4.78, 5) is 6.36. The number of phenols is 1. The minimum Gasteiger partial charge on any atom is -0.508 e. The number of likely N-dealkylation sites (tertiary alicyclic amines) is 1. The third kappa shape index (κ3) is 4.01. The Balaban J connectivity index is 1.31. The molecule has 1 aliphatic heterocycles. The maximum atomic E-state index is 10.6. The van der Waals surface area contributed by atoms with Gasteiger partial charge in [0.25, 0.3) is 5.88 Å². The van der Waals surface area contributed by atoms with E-state index in [0.29, 0.717) is 29.9 Å². The lowest BCUT2D eigenvalue weighted by Gasteiger charge is -2.25. The maximum Gasteiger partial charge on any atom is 0.256 e. The Labute approximate surface area is 159 Å². The average molecular weight is 370 g/mol. The maximum absolute atomic E-state index is 10.6. The summed E-state index contributed by atoms with van der Waals surface area (Å²) in [6.07, 6.45) is 3.94. The van der Waals surface area contributed by atoms with Crippen molar-refractivity contribution in [1.82, 2.24) is 9.88 Å². The molecule has 4 rings (SSSR count). The Kier molecular flexibility index (Phi) is 5.18. The predicted octanol–water partition coefficient (Wildman–Crippen LogP) is 2.45. The van der Waals surface area contributed by atoms with Crippen LogP contribution in [0.1, 0.15) is 18.4 Å². The Bertz CT molecular complexity index is 753. The van der Waals surface area contributed by atoms with E-state index in [2.05, 4.69) is 9.88 Å². The minimum atomic E-state index is -0.488. The molecule has 6 nitrogen and oxygen atoms in total. The van der Waals surface area contributed by atoms with Gasteiger partial charge in [-0.05, 0) is 54.5 Å². The number of benzene rings is 1. The molecule has 2 aromatic rings. The first-order chi connectivity index (χ1) is 13.1. The highest BCUT2D eigenvalue weighted by atomic mass is 16.5. The molecule has 0 bridgehead atoms. The largest absolute Gasteiger partial charge is 0.508 e. The standard InChI is InChI=1S/C21H26N2O4/c1-26-21-19(3-2-8-22-21)27-18-10-15-12-23(13-16(15)11-18)20(25)9-14-4-6-17(24)7-5-14/h2-8,15-16,18,20,24-25H,9-13H2,1H3/t15-,16+,18?,20?. The van der Waals surface area contributed by atoms with Gasteiger partial charge in [-0.15, -0.1) is 0 Å². The number of phenolic OH excluding ortho intramolecular Hbond substituents is 1. The first kappa shape index (κ1) is 18.1. The summed E-state index contributed by atoms with van der Waals surface area (Å²) in [7, 11) is 1.60. The zero-order valence-corrected chi connectivity index (χ0v) is 15.5. The predicted molar refractivity (Wildman–Crippen MR) is 101 cm³/mol. The lowest BCUT2D eigenvalue weighted by atomic mass is 10.0. The fraction of sp³-hybridized carbons (Fsp3) is 0.476. The number of pyridine rings is 1. The average Bonchev–Trinajstić information content (AvgIpc) is 3.23. The summed E-state index contributed by atoms with van der Waals surface area (Å²) in [5, 5.41) is 20.0. The number of hydrogen-bond acceptors (Lipinski definition) is 6. The van der Waals surface area contributed by atoms with Crippen LogP contribution in [-0.4, -0.2) is 52.6 Å². The van der Waals surface area contributed by atoms with Gasteiger partial charge in [0.1, 0.15) is 12.0 Å². The second kappa shape index (κ2) is 7.74. The van der Waals surface area contributed by atoms with Gasteiger partial charge in [0.05, 0.1) is 13.2 Å². The molecule has 1 saturated heterocycles. The smallest absolute Gasteiger partial charge is 0.256 e. The molecule has 4 atom stereocenters. The van der Waals surface area contributed by atoms with Gasteiger partial charge >= 0.3 is 0 Å². The first-order valence-corrected chi connectivity index (χ1v) is 9.48. The normalized spacial score (nSPS) is 25.9. The second-order valence-corrected chi connectivity index (χ2v) is 7.55. The second-order valence-electron chi connectivity index (χ2n) is 7.55. The number of aliphatic hydroxyl groups excluding tert-OH is 1. The van der Waals surface area contributed by atoms with Crippen LogP contribution in [0.3, 0.4) is 0 Å². The van der Waals surface area contributed by atoms with Crippen LogP contribution in [0.5, 0.6) is 17.4 Å². The van der Waals surface area contributed by atoms with Crippen LogP contribution < -0.4 is 9.47 Å². The summed E-state index contributed by atoms with van der Waals surface area (Å²) in [5.41, 5.74) is 1.03. The van der Waals surface area contributed by atoms with Crippen molar-refractivity contribution in [3.8, 4) is 17.4 Å². The van der Waals surface area contributed by atoms with Gasteiger partial charge in [0, 0.05) is 25.7 Å². The topological polar surface area (TPSA) is 75.1 Å². The molecule has 1 aromatic heterocycles. The first-order valence-electron chi connectivity index (χ1n) is 9.48. The molecule has 0 radical (unpaired) electrons. The van der Waals surface area contributed by atoms with E-state index in [9.17, 15) is 10.2 Å². The van der Waals surface area contributed by atoms with Crippen molar-refractivity contribution in [2.24, 2.45) is 11.8 Å². The number of hydrogen-bond donors (Lipinski definition) is 2. The minimum absolute atomic E-state index is 0.175. The Morgan fingerprint density at radius 1 is 1.15 bits per heavy atom. The van der Waals surface area contributed by atoms with Gasteiger partial charge in [-0.3, -0.25) is 4.90 Å². The lowest BCUT2D eigenvalue weighted by Crippen LogP contribution is -2.36. The zero-order valence-electron chi connectivity index (χ0n) is 15.5. The van der Waals surface area contributed by atoms with Crippen LogP contribution >= 0.6 is 0 Å². The van der Waals surface area contributed by atoms with Gasteiger partial charge in [-0.1, -0.05) is 12.1 Å². The van der Waals surface area contributed by atoms with E-state index in [1.807, 2.05) is 24.3 Å². The quantitative estimate of drug-likeness (QED) is 0.814. The molecule has 2 N–H and O–H groups in total. The molecule has 144 valence electrons. The van der Waals surface area contributed by atoms with E-state index >= 15 is 0 Å². The molecule has 2 aliphatic rings. The van der Waals surface area contributed by atoms with Gasteiger partial charge < -0.3 is 19.7 Å². The molecule has 2 heterocycles. The molecule has 2 fully saturated rings. The Morgan fingerprint density at radius 3 is 2.52 bits per heavy atom. The molecule has 1 aliphatic carbocycles. The molecule has 6 heteroatoms. The highest BCUT2D eigenvalue weighted by molar-refractivity contribution is 5.32. The van der Waals surface area contributed by atoms with Crippen molar-refractivity contribution in [2.45, 2.75) is 31.6 Å². The number of nitrogens with zero attached hydrogens (tertiary/aromatic N) is 2. The van der Waals surface area contributed by atoms with Gasteiger partial charge in [-0.25, -0.2) is 4.98 Å². The molecule has 0 spiro atoms. The van der Waals surface area contributed by atoms with Crippen molar-refractivity contribution in [3.63, 3.8) is 0 Å². The summed E-state index contributed by atoms with van der Waals surface area (Å²) in [6.45, 7) is 1.79. The van der Waals surface area contributed by atoms with Crippen LogP contribution in [0.25, 0.3) is 0 Å². The number of ether oxygens (including phenoxy) is 2. The van der Waals surface area contributed by atoms with Gasteiger partial charge in [0.15, 0.2) is 5.75 Å². The molecule has 2 unspecified atom stereocenters. The highest BCUT2D eigenvalue weighted by Gasteiger charge is 2.43. The number of aromatic nitrogens is 1. The number of fused-ring (bicyclic) bond motifs is 1. The van der Waals surface area contributed by atoms with Crippen LogP contribution in [0, 0.1) is 11.8 Å². The fourth-order valence-corrected chi connectivity index (χ4v) is 4.39. The molecular weight excluding hydrogens is 344 g/mol. The van der Waals surface area contributed by atoms with Crippen molar-refractivity contribution >= 4 is 0 Å². The van der Waals surface area contributed by atoms with E-state index in [-0.39, 0.29) is 11.9 Å². The molecule has 0 amide bonds. The Hall–Kier alpha value is -2.31. The van der Waals surface area contributed by atoms with Crippen LogP contribution in [0.2, 0.25) is 0 Å². The van der Waals surface area contributed by atoms with E-state index < -0.39 is 6.23 Å². The van der Waals surface area contributed by atoms with Gasteiger partial charge in [-0.2, -0.15) is 0 Å². The van der Waals surface area contributed by atoms with E-state index in [1.165, 1.54) is 0 Å². The third-order valence-electron chi connectivity index (χ3n) is 5.74. The van der Waals surface area contributed by atoms with E-state index in [0.717, 1.165) is 31.5 Å². The number of rotatable bonds is 6. The molecule has 1 saturated carbocycles. The van der Waals surface area contributed by atoms with Crippen molar-refractivity contribution in [2.75, 3.05) is 20.2 Å². The van der Waals surface area contributed by atoms with Crippen LogP contribution in [0.4, 0.5) is 0 Å². The van der Waals surface area contributed by atoms with Crippen molar-refractivity contribution in [3.05, 3.63) is 48.2 Å². The summed E-state index contributed by atoms with van der Waals surface area (Å²) < 4.78 is 11.4. The number of methoxy groups -OCH3 is 1.